The minimum Gasteiger partial charge on any atom is -0.258 e. The van der Waals surface area contributed by atoms with Gasteiger partial charge in [-0.15, -0.1) is 0 Å². The summed E-state index contributed by atoms with van der Waals surface area (Å²) in [4.78, 5) is 10.4. The van der Waals surface area contributed by atoms with Crippen LogP contribution >= 0.6 is 27.5 Å². The third kappa shape index (κ3) is 1.64. The normalized spacial score (nSPS) is 16.2. The second-order valence-electron chi connectivity index (χ2n) is 4.12. The second kappa shape index (κ2) is 4.07. The van der Waals surface area contributed by atoms with E-state index < -0.39 is 0 Å². The van der Waals surface area contributed by atoms with Crippen LogP contribution in [0.5, 0.6) is 0 Å². The molecule has 3 rings (SSSR count). The molecule has 18 heavy (non-hydrogen) atoms. The monoisotopic (exact) mass is 323 g/mol. The van der Waals surface area contributed by atoms with Crippen LogP contribution in [0.3, 0.4) is 0 Å². The molecule has 0 fully saturated rings. The van der Waals surface area contributed by atoms with Crippen LogP contribution in [-0.4, -0.2) is 4.92 Å². The molecule has 0 heterocycles. The number of benzene rings is 2. The molecule has 0 amide bonds. The highest BCUT2D eigenvalue weighted by Crippen LogP contribution is 2.49. The number of fused-ring (bicyclic) bond motifs is 3. The Morgan fingerprint density at radius 3 is 2.39 bits per heavy atom. The fourth-order valence-electron chi connectivity index (χ4n) is 2.27. The summed E-state index contributed by atoms with van der Waals surface area (Å²) in [6.45, 7) is 0. The number of nitrogens with zero attached hydrogens (tertiary/aromatic N) is 1. The van der Waals surface area contributed by atoms with Crippen molar-refractivity contribution >= 4 is 33.2 Å². The Kier molecular flexibility index (Phi) is 2.64. The van der Waals surface area contributed by atoms with Gasteiger partial charge in [0.1, 0.15) is 0 Å². The first kappa shape index (κ1) is 11.7. The van der Waals surface area contributed by atoms with Gasteiger partial charge >= 0.3 is 0 Å². The van der Waals surface area contributed by atoms with E-state index in [1.54, 1.807) is 12.1 Å². The zero-order valence-electron chi connectivity index (χ0n) is 9.06. The lowest BCUT2D eigenvalue weighted by atomic mass is 10.1. The van der Waals surface area contributed by atoms with Crippen molar-refractivity contribution in [3.8, 4) is 11.1 Å². The maximum absolute atomic E-state index is 10.8. The van der Waals surface area contributed by atoms with Crippen LogP contribution in [0.2, 0.25) is 5.02 Å². The van der Waals surface area contributed by atoms with Crippen LogP contribution in [0.1, 0.15) is 16.0 Å². The van der Waals surface area contributed by atoms with Gasteiger partial charge in [0.25, 0.3) is 5.69 Å². The molecular formula is C13H7BrClNO2. The van der Waals surface area contributed by atoms with E-state index in [-0.39, 0.29) is 15.4 Å². The van der Waals surface area contributed by atoms with Gasteiger partial charge in [-0.25, -0.2) is 0 Å². The van der Waals surface area contributed by atoms with E-state index in [0.717, 1.165) is 22.3 Å². The molecule has 1 aliphatic rings. The molecule has 0 saturated heterocycles. The van der Waals surface area contributed by atoms with Crippen molar-refractivity contribution in [2.24, 2.45) is 0 Å². The van der Waals surface area contributed by atoms with Gasteiger partial charge in [-0.05, 0) is 40.5 Å². The first-order valence-corrected chi connectivity index (χ1v) is 6.59. The number of hydrogen-bond donors (Lipinski definition) is 0. The van der Waals surface area contributed by atoms with E-state index >= 15 is 0 Å². The van der Waals surface area contributed by atoms with Gasteiger partial charge in [0.15, 0.2) is 0 Å². The number of nitro groups is 1. The van der Waals surface area contributed by atoms with Crippen LogP contribution in [0.15, 0.2) is 36.4 Å². The topological polar surface area (TPSA) is 43.1 Å². The summed E-state index contributed by atoms with van der Waals surface area (Å²) in [7, 11) is 0. The van der Waals surface area contributed by atoms with Gasteiger partial charge in [0, 0.05) is 17.2 Å². The largest absolute Gasteiger partial charge is 0.269 e. The third-order valence-corrected chi connectivity index (χ3v) is 4.32. The van der Waals surface area contributed by atoms with Crippen molar-refractivity contribution in [3.63, 3.8) is 0 Å². The zero-order valence-corrected chi connectivity index (χ0v) is 11.4. The van der Waals surface area contributed by atoms with Gasteiger partial charge in [-0.1, -0.05) is 33.6 Å². The molecule has 90 valence electrons. The van der Waals surface area contributed by atoms with Crippen LogP contribution in [0.25, 0.3) is 11.1 Å². The van der Waals surface area contributed by atoms with E-state index in [1.807, 2.05) is 18.2 Å². The highest BCUT2D eigenvalue weighted by Gasteiger charge is 2.28. The van der Waals surface area contributed by atoms with Gasteiger partial charge in [-0.2, -0.15) is 0 Å². The van der Waals surface area contributed by atoms with Crippen molar-refractivity contribution in [1.82, 2.24) is 0 Å². The molecule has 2 aromatic rings. The average molecular weight is 325 g/mol. The van der Waals surface area contributed by atoms with Crippen molar-refractivity contribution in [2.45, 2.75) is 4.83 Å². The lowest BCUT2D eigenvalue weighted by molar-refractivity contribution is -0.384. The van der Waals surface area contributed by atoms with Gasteiger partial charge < -0.3 is 0 Å². The molecule has 1 aliphatic carbocycles. The Morgan fingerprint density at radius 1 is 1.11 bits per heavy atom. The van der Waals surface area contributed by atoms with E-state index in [4.69, 9.17) is 11.6 Å². The predicted molar refractivity (Wildman–Crippen MR) is 74.3 cm³/mol. The molecule has 5 heteroatoms. The molecule has 0 bridgehead atoms. The fourth-order valence-corrected chi connectivity index (χ4v) is 3.21. The number of non-ortho nitro benzene ring substituents is 1. The maximum Gasteiger partial charge on any atom is 0.269 e. The Balaban J connectivity index is 2.23. The summed E-state index contributed by atoms with van der Waals surface area (Å²) in [5, 5.41) is 11.5. The van der Waals surface area contributed by atoms with Gasteiger partial charge in [-0.3, -0.25) is 10.1 Å². The van der Waals surface area contributed by atoms with Crippen LogP contribution in [0.4, 0.5) is 5.69 Å². The molecule has 0 radical (unpaired) electrons. The summed E-state index contributed by atoms with van der Waals surface area (Å²) in [6, 6.07) is 10.6. The lowest BCUT2D eigenvalue weighted by Crippen LogP contribution is -1.91. The third-order valence-electron chi connectivity index (χ3n) is 3.10. The summed E-state index contributed by atoms with van der Waals surface area (Å²) in [6.07, 6.45) is 0. The quantitative estimate of drug-likeness (QED) is 0.433. The number of rotatable bonds is 1. The van der Waals surface area contributed by atoms with E-state index in [2.05, 4.69) is 15.9 Å². The Morgan fingerprint density at radius 2 is 1.72 bits per heavy atom. The number of alkyl halides is 1. The molecule has 2 aromatic carbocycles. The molecule has 0 aliphatic heterocycles. The van der Waals surface area contributed by atoms with Crippen LogP contribution in [0, 0.1) is 10.1 Å². The maximum atomic E-state index is 10.8. The number of nitro benzene ring substituents is 1. The standard InChI is InChI=1S/C13H7BrClNO2/c14-13-11-5-7(15)1-3-9(11)10-4-2-8(16(17)18)6-12(10)13/h1-6,13H. The van der Waals surface area contributed by atoms with Gasteiger partial charge in [0.2, 0.25) is 0 Å². The summed E-state index contributed by atoms with van der Waals surface area (Å²) >= 11 is 9.56. The molecule has 0 saturated carbocycles. The molecule has 0 spiro atoms. The average Bonchev–Trinajstić information content (AvgIpc) is 2.62. The van der Waals surface area contributed by atoms with E-state index in [0.29, 0.717) is 5.02 Å². The molecule has 0 aromatic heterocycles. The number of hydrogen-bond acceptors (Lipinski definition) is 2. The van der Waals surface area contributed by atoms with E-state index in [1.165, 1.54) is 6.07 Å². The van der Waals surface area contributed by atoms with Crippen LogP contribution < -0.4 is 0 Å². The van der Waals surface area contributed by atoms with Crippen molar-refractivity contribution < 1.29 is 4.92 Å². The second-order valence-corrected chi connectivity index (χ2v) is 5.47. The Labute approximate surface area is 117 Å². The Hall–Kier alpha value is -1.39. The van der Waals surface area contributed by atoms with E-state index in [9.17, 15) is 10.1 Å². The summed E-state index contributed by atoms with van der Waals surface area (Å²) in [5.74, 6) is 0. The van der Waals surface area contributed by atoms with Crippen molar-refractivity contribution in [3.05, 3.63) is 62.7 Å². The highest BCUT2D eigenvalue weighted by molar-refractivity contribution is 9.09. The lowest BCUT2D eigenvalue weighted by Gasteiger charge is -2.04. The minimum absolute atomic E-state index is 0.0406. The Bertz CT molecular complexity index is 672. The first-order chi connectivity index (χ1) is 8.58. The summed E-state index contributed by atoms with van der Waals surface area (Å²) < 4.78 is 0. The fraction of sp³-hybridized carbons (Fsp3) is 0.0769. The molecule has 1 unspecified atom stereocenters. The van der Waals surface area contributed by atoms with Crippen molar-refractivity contribution in [2.75, 3.05) is 0 Å². The molecular weight excluding hydrogens is 318 g/mol. The predicted octanol–water partition coefficient (Wildman–Crippen LogP) is 4.71. The highest BCUT2D eigenvalue weighted by atomic mass is 79.9. The molecule has 0 N–H and O–H groups in total. The SMILES string of the molecule is O=[N+]([O-])c1ccc2c(c1)C(Br)c1cc(Cl)ccc1-2. The summed E-state index contributed by atoms with van der Waals surface area (Å²) in [5.41, 5.74) is 4.18. The molecule has 3 nitrogen and oxygen atoms in total. The van der Waals surface area contributed by atoms with Gasteiger partial charge in [0.05, 0.1) is 9.75 Å². The smallest absolute Gasteiger partial charge is 0.258 e. The van der Waals surface area contributed by atoms with Crippen molar-refractivity contribution in [1.29, 1.82) is 0 Å². The van der Waals surface area contributed by atoms with Crippen LogP contribution in [-0.2, 0) is 0 Å². The molecule has 1 atom stereocenters. The minimum atomic E-state index is -0.379. The zero-order chi connectivity index (χ0) is 12.9. The first-order valence-electron chi connectivity index (χ1n) is 5.30. The number of halogens is 2.